The van der Waals surface area contributed by atoms with Crippen molar-refractivity contribution in [3.05, 3.63) is 70.2 Å². The number of benzene rings is 2. The number of carbonyl (C=O) groups excluding carboxylic acids is 1. The van der Waals surface area contributed by atoms with Gasteiger partial charge >= 0.3 is 11.9 Å². The monoisotopic (exact) mass is 538 g/mol. The molecule has 2 aromatic carbocycles. The van der Waals surface area contributed by atoms with E-state index in [1.54, 1.807) is 29.5 Å². The fourth-order valence-electron chi connectivity index (χ4n) is 4.35. The predicted octanol–water partition coefficient (Wildman–Crippen LogP) is 3.89. The number of thiazole rings is 1. The smallest absolute Gasteiger partial charge is 0.337 e. The summed E-state index contributed by atoms with van der Waals surface area (Å²) in [5.74, 6) is -1.35. The van der Waals surface area contributed by atoms with Crippen molar-refractivity contribution in [1.29, 1.82) is 0 Å². The molecule has 1 fully saturated rings. The second kappa shape index (κ2) is 12.7. The minimum absolute atomic E-state index is 0.144. The number of piperazine rings is 1. The normalized spacial score (nSPS) is 14.7. The molecule has 0 bridgehead atoms. The molecule has 0 amide bonds. The topological polar surface area (TPSA) is 104 Å². The number of hydrogen-bond acceptors (Lipinski definition) is 9. The first-order valence-corrected chi connectivity index (χ1v) is 13.4. The van der Waals surface area contributed by atoms with Crippen LogP contribution in [0.15, 0.2) is 48.5 Å². The highest BCUT2D eigenvalue weighted by Crippen LogP contribution is 2.27. The fourth-order valence-corrected chi connectivity index (χ4v) is 5.36. The first kappa shape index (κ1) is 27.4. The van der Waals surface area contributed by atoms with Crippen LogP contribution in [0.5, 0.6) is 5.75 Å². The number of aromatic nitrogens is 1. The first-order chi connectivity index (χ1) is 18.4. The largest absolute Gasteiger partial charge is 0.493 e. The van der Waals surface area contributed by atoms with E-state index in [1.165, 1.54) is 18.1 Å². The Bertz CT molecular complexity index is 1240. The van der Waals surface area contributed by atoms with Crippen molar-refractivity contribution < 1.29 is 24.2 Å². The highest BCUT2D eigenvalue weighted by atomic mass is 32.1. The van der Waals surface area contributed by atoms with Gasteiger partial charge in [0.15, 0.2) is 5.13 Å². The second-order valence-electron chi connectivity index (χ2n) is 9.26. The average molecular weight is 539 g/mol. The molecule has 0 aliphatic carbocycles. The zero-order chi connectivity index (χ0) is 27.1. The van der Waals surface area contributed by atoms with Gasteiger partial charge in [-0.05, 0) is 43.8 Å². The first-order valence-electron chi connectivity index (χ1n) is 12.6. The molecule has 1 aliphatic rings. The number of para-hydroxylation sites is 1. The van der Waals surface area contributed by atoms with Crippen molar-refractivity contribution >= 4 is 34.1 Å². The number of aromatic carboxylic acids is 1. The molecular formula is C28H34N4O5S. The second-order valence-corrected chi connectivity index (χ2v) is 10.4. The summed E-state index contributed by atoms with van der Waals surface area (Å²) in [5, 5.41) is 13.6. The van der Waals surface area contributed by atoms with E-state index in [9.17, 15) is 14.7 Å². The van der Waals surface area contributed by atoms with Crippen LogP contribution < -0.4 is 15.0 Å². The van der Waals surface area contributed by atoms with Gasteiger partial charge in [0.1, 0.15) is 5.75 Å². The number of likely N-dealkylation sites (N-methyl/N-ethyl adjacent to an activating group) is 1. The Morgan fingerprint density at radius 1 is 1.11 bits per heavy atom. The van der Waals surface area contributed by atoms with Gasteiger partial charge < -0.3 is 29.7 Å². The number of rotatable bonds is 11. The SMILES string of the molecule is COC(=O)C(CNc1ccccc1C(=O)O)c1ccc(OCCc2nc(N3CCN(C)CC3)sc2C)cc1. The summed E-state index contributed by atoms with van der Waals surface area (Å²) in [6, 6.07) is 13.9. The summed E-state index contributed by atoms with van der Waals surface area (Å²) in [4.78, 5) is 34.8. The Labute approximate surface area is 227 Å². The maximum absolute atomic E-state index is 12.5. The molecule has 10 heteroatoms. The van der Waals surface area contributed by atoms with Gasteiger partial charge in [0.25, 0.3) is 0 Å². The van der Waals surface area contributed by atoms with Crippen LogP contribution in [-0.2, 0) is 16.0 Å². The molecule has 1 unspecified atom stereocenters. The molecule has 1 aromatic heterocycles. The fraction of sp³-hybridized carbons (Fsp3) is 0.393. The predicted molar refractivity (Wildman–Crippen MR) is 149 cm³/mol. The van der Waals surface area contributed by atoms with Gasteiger partial charge in [-0.15, -0.1) is 11.3 Å². The minimum atomic E-state index is -1.03. The zero-order valence-corrected chi connectivity index (χ0v) is 22.8. The van der Waals surface area contributed by atoms with Crippen LogP contribution in [0, 0.1) is 6.92 Å². The van der Waals surface area contributed by atoms with Crippen LogP contribution in [-0.4, -0.2) is 80.4 Å². The van der Waals surface area contributed by atoms with E-state index in [4.69, 9.17) is 14.5 Å². The molecule has 0 spiro atoms. The number of nitrogens with zero attached hydrogens (tertiary/aromatic N) is 3. The van der Waals surface area contributed by atoms with Crippen molar-refractivity contribution in [2.45, 2.75) is 19.3 Å². The van der Waals surface area contributed by atoms with Gasteiger partial charge in [0.05, 0.1) is 30.9 Å². The molecule has 202 valence electrons. The number of carboxylic acid groups (broad SMARTS) is 1. The molecule has 9 nitrogen and oxygen atoms in total. The van der Waals surface area contributed by atoms with Crippen LogP contribution in [0.1, 0.15) is 32.4 Å². The van der Waals surface area contributed by atoms with Crippen LogP contribution in [0.2, 0.25) is 0 Å². The lowest BCUT2D eigenvalue weighted by Gasteiger charge is -2.32. The highest BCUT2D eigenvalue weighted by molar-refractivity contribution is 7.15. The Balaban J connectivity index is 1.34. The lowest BCUT2D eigenvalue weighted by molar-refractivity contribution is -0.142. The van der Waals surface area contributed by atoms with Crippen molar-refractivity contribution in [3.8, 4) is 5.75 Å². The average Bonchev–Trinajstić information content (AvgIpc) is 3.30. The molecule has 0 saturated carbocycles. The number of esters is 1. The highest BCUT2D eigenvalue weighted by Gasteiger charge is 2.23. The quantitative estimate of drug-likeness (QED) is 0.352. The maximum atomic E-state index is 12.5. The summed E-state index contributed by atoms with van der Waals surface area (Å²) in [6.45, 7) is 6.90. The number of ether oxygens (including phenoxy) is 2. The van der Waals surface area contributed by atoms with Gasteiger partial charge in [-0.25, -0.2) is 9.78 Å². The molecule has 1 aliphatic heterocycles. The van der Waals surface area contributed by atoms with E-state index in [0.29, 0.717) is 18.0 Å². The van der Waals surface area contributed by atoms with Crippen molar-refractivity contribution in [2.75, 3.05) is 63.7 Å². The molecule has 1 saturated heterocycles. The number of nitrogens with one attached hydrogen (secondary N) is 1. The lowest BCUT2D eigenvalue weighted by Crippen LogP contribution is -2.44. The number of methoxy groups -OCH3 is 1. The van der Waals surface area contributed by atoms with Gasteiger partial charge in [-0.2, -0.15) is 0 Å². The van der Waals surface area contributed by atoms with E-state index < -0.39 is 17.9 Å². The van der Waals surface area contributed by atoms with Crippen LogP contribution >= 0.6 is 11.3 Å². The molecule has 4 rings (SSSR count). The van der Waals surface area contributed by atoms with Crippen molar-refractivity contribution in [2.24, 2.45) is 0 Å². The molecular weight excluding hydrogens is 504 g/mol. The third kappa shape index (κ3) is 6.81. The molecule has 2 heterocycles. The number of carboxylic acids is 1. The minimum Gasteiger partial charge on any atom is -0.493 e. The summed E-state index contributed by atoms with van der Waals surface area (Å²) >= 11 is 1.74. The maximum Gasteiger partial charge on any atom is 0.337 e. The summed E-state index contributed by atoms with van der Waals surface area (Å²) in [6.07, 6.45) is 0.718. The molecule has 1 atom stereocenters. The Morgan fingerprint density at radius 2 is 1.82 bits per heavy atom. The van der Waals surface area contributed by atoms with E-state index >= 15 is 0 Å². The van der Waals surface area contributed by atoms with Gasteiger partial charge in [-0.3, -0.25) is 4.79 Å². The van der Waals surface area contributed by atoms with Crippen molar-refractivity contribution in [3.63, 3.8) is 0 Å². The molecule has 38 heavy (non-hydrogen) atoms. The number of aryl methyl sites for hydroxylation is 1. The van der Waals surface area contributed by atoms with E-state index in [0.717, 1.165) is 49.0 Å². The van der Waals surface area contributed by atoms with Gasteiger partial charge in [-0.1, -0.05) is 24.3 Å². The molecule has 0 radical (unpaired) electrons. The molecule has 3 aromatic rings. The van der Waals surface area contributed by atoms with E-state index in [-0.39, 0.29) is 12.1 Å². The summed E-state index contributed by atoms with van der Waals surface area (Å²) in [5.41, 5.74) is 2.41. The third-order valence-corrected chi connectivity index (χ3v) is 7.76. The van der Waals surface area contributed by atoms with Crippen molar-refractivity contribution in [1.82, 2.24) is 9.88 Å². The summed E-state index contributed by atoms with van der Waals surface area (Å²) < 4.78 is 11.0. The summed E-state index contributed by atoms with van der Waals surface area (Å²) in [7, 11) is 3.49. The third-order valence-electron chi connectivity index (χ3n) is 6.69. The number of anilines is 2. The van der Waals surface area contributed by atoms with Gasteiger partial charge in [0.2, 0.25) is 0 Å². The van der Waals surface area contributed by atoms with Crippen LogP contribution in [0.4, 0.5) is 10.8 Å². The number of hydrogen-bond donors (Lipinski definition) is 2. The standard InChI is InChI=1S/C28H34N4O5S/c1-19-24(30-28(38-19)32-15-13-31(2)14-16-32)12-17-37-21-10-8-20(9-11-21)23(27(35)36-3)18-29-25-7-5-4-6-22(25)26(33)34/h4-11,23,29H,12-18H2,1-3H3,(H,33,34). The van der Waals surface area contributed by atoms with E-state index in [1.807, 2.05) is 24.3 Å². The number of carbonyl (C=O) groups is 2. The Morgan fingerprint density at radius 3 is 2.50 bits per heavy atom. The van der Waals surface area contributed by atoms with Crippen LogP contribution in [0.25, 0.3) is 0 Å². The molecule has 2 N–H and O–H groups in total. The van der Waals surface area contributed by atoms with Crippen LogP contribution in [0.3, 0.4) is 0 Å². The zero-order valence-electron chi connectivity index (χ0n) is 22.0. The van der Waals surface area contributed by atoms with E-state index in [2.05, 4.69) is 29.1 Å². The Hall–Kier alpha value is -3.63. The Kier molecular flexibility index (Phi) is 9.19. The lowest BCUT2D eigenvalue weighted by atomic mass is 9.98. The van der Waals surface area contributed by atoms with Gasteiger partial charge in [0, 0.05) is 49.7 Å².